The van der Waals surface area contributed by atoms with Crippen molar-refractivity contribution in [2.45, 2.75) is 18.7 Å². The van der Waals surface area contributed by atoms with Gasteiger partial charge in [-0.3, -0.25) is 9.10 Å². The van der Waals surface area contributed by atoms with Gasteiger partial charge in [-0.2, -0.15) is 5.10 Å². The van der Waals surface area contributed by atoms with Crippen LogP contribution in [0, 0.1) is 13.8 Å². The zero-order valence-corrected chi connectivity index (χ0v) is 20.0. The number of nitrogens with zero attached hydrogens (tertiary/aromatic N) is 2. The van der Waals surface area contributed by atoms with Gasteiger partial charge in [0.05, 0.1) is 22.4 Å². The molecule has 3 rings (SSSR count). The highest BCUT2D eigenvalue weighted by Gasteiger charge is 2.28. The van der Waals surface area contributed by atoms with E-state index < -0.39 is 28.4 Å². The summed E-state index contributed by atoms with van der Waals surface area (Å²) in [5, 5.41) is 13.1. The number of hydrogen-bond acceptors (Lipinski definition) is 5. The van der Waals surface area contributed by atoms with Crippen LogP contribution in [0.4, 0.5) is 5.69 Å². The van der Waals surface area contributed by atoms with E-state index in [1.807, 2.05) is 6.92 Å². The third-order valence-electron chi connectivity index (χ3n) is 4.90. The van der Waals surface area contributed by atoms with Gasteiger partial charge in [-0.25, -0.2) is 18.6 Å². The molecule has 8 nitrogen and oxygen atoms in total. The van der Waals surface area contributed by atoms with Crippen molar-refractivity contribution in [2.75, 3.05) is 10.8 Å². The Bertz CT molecular complexity index is 1340. The Balaban J connectivity index is 1.85. The maximum atomic E-state index is 13.4. The fourth-order valence-corrected chi connectivity index (χ4v) is 4.69. The van der Waals surface area contributed by atoms with Crippen LogP contribution in [0.15, 0.2) is 76.7 Å². The number of nitrogens with one attached hydrogen (secondary N) is 1. The standard InChI is InChI=1S/C24H22ClN3O5S/c1-16-3-11-21(12-4-16)34(32,33)28(22-13-20(25)10-5-17(22)2)15-23(29)27-26-14-18-6-8-19(9-7-18)24(30)31/h3-14H,15H2,1-2H3,(H,27,29)(H,30,31)/b26-14-. The van der Waals surface area contributed by atoms with Gasteiger partial charge in [0, 0.05) is 5.02 Å². The molecular formula is C24H22ClN3O5S. The van der Waals surface area contributed by atoms with Crippen LogP contribution in [0.1, 0.15) is 27.0 Å². The molecule has 0 aliphatic carbocycles. The van der Waals surface area contributed by atoms with Gasteiger partial charge < -0.3 is 5.11 Å². The number of halogens is 1. The minimum Gasteiger partial charge on any atom is -0.478 e. The van der Waals surface area contributed by atoms with E-state index in [4.69, 9.17) is 16.7 Å². The number of sulfonamides is 1. The van der Waals surface area contributed by atoms with Gasteiger partial charge >= 0.3 is 5.97 Å². The lowest BCUT2D eigenvalue weighted by Crippen LogP contribution is -2.40. The van der Waals surface area contributed by atoms with Gasteiger partial charge in [-0.05, 0) is 61.4 Å². The first kappa shape index (κ1) is 24.9. The van der Waals surface area contributed by atoms with Gasteiger partial charge in [0.25, 0.3) is 15.9 Å². The molecule has 2 N–H and O–H groups in total. The molecule has 0 aliphatic heterocycles. The number of hydrogen-bond donors (Lipinski definition) is 2. The van der Waals surface area contributed by atoms with Crippen molar-refractivity contribution in [1.29, 1.82) is 0 Å². The van der Waals surface area contributed by atoms with Gasteiger partial charge in [0.1, 0.15) is 6.54 Å². The number of aromatic carboxylic acids is 1. The predicted molar refractivity (Wildman–Crippen MR) is 131 cm³/mol. The van der Waals surface area contributed by atoms with Crippen LogP contribution in [0.5, 0.6) is 0 Å². The molecule has 0 bridgehead atoms. The smallest absolute Gasteiger partial charge is 0.335 e. The molecule has 0 atom stereocenters. The number of hydrazone groups is 1. The molecule has 0 heterocycles. The molecule has 34 heavy (non-hydrogen) atoms. The SMILES string of the molecule is Cc1ccc(S(=O)(=O)N(CC(=O)N/N=C\c2ccc(C(=O)O)cc2)c2cc(Cl)ccc2C)cc1. The molecule has 0 aliphatic rings. The van der Waals surface area contributed by atoms with E-state index in [0.717, 1.165) is 9.87 Å². The van der Waals surface area contributed by atoms with E-state index in [0.29, 0.717) is 16.1 Å². The Hall–Kier alpha value is -3.69. The molecule has 0 fully saturated rings. The van der Waals surface area contributed by atoms with Crippen molar-refractivity contribution in [2.24, 2.45) is 5.10 Å². The summed E-state index contributed by atoms with van der Waals surface area (Å²) in [6.45, 7) is 3.03. The zero-order valence-electron chi connectivity index (χ0n) is 18.4. The van der Waals surface area contributed by atoms with Crippen LogP contribution in [0.3, 0.4) is 0 Å². The number of carbonyl (C=O) groups is 2. The Morgan fingerprint density at radius 1 is 1.03 bits per heavy atom. The molecule has 1 amide bonds. The third-order valence-corrected chi connectivity index (χ3v) is 6.91. The van der Waals surface area contributed by atoms with Crippen LogP contribution >= 0.6 is 11.6 Å². The summed E-state index contributed by atoms with van der Waals surface area (Å²) in [4.78, 5) is 23.6. The predicted octanol–water partition coefficient (Wildman–Crippen LogP) is 4.00. The molecule has 176 valence electrons. The number of amides is 1. The number of carboxylic acids is 1. The average Bonchev–Trinajstić information content (AvgIpc) is 2.80. The normalized spacial score (nSPS) is 11.4. The summed E-state index contributed by atoms with van der Waals surface area (Å²) >= 11 is 6.11. The fraction of sp³-hybridized carbons (Fsp3) is 0.125. The highest BCUT2D eigenvalue weighted by atomic mass is 35.5. The minimum atomic E-state index is -4.09. The minimum absolute atomic E-state index is 0.0345. The summed E-state index contributed by atoms with van der Waals surface area (Å²) in [7, 11) is -4.09. The van der Waals surface area contributed by atoms with Crippen LogP contribution < -0.4 is 9.73 Å². The molecule has 0 unspecified atom stereocenters. The number of benzene rings is 3. The van der Waals surface area contributed by atoms with Crippen molar-refractivity contribution >= 4 is 45.4 Å². The van der Waals surface area contributed by atoms with Crippen molar-refractivity contribution < 1.29 is 23.1 Å². The van der Waals surface area contributed by atoms with Crippen LogP contribution in [0.25, 0.3) is 0 Å². The monoisotopic (exact) mass is 499 g/mol. The second-order valence-corrected chi connectivity index (χ2v) is 9.77. The number of anilines is 1. The number of carbonyl (C=O) groups excluding carboxylic acids is 1. The Morgan fingerprint density at radius 3 is 2.29 bits per heavy atom. The van der Waals surface area contributed by atoms with Crippen LogP contribution in [0.2, 0.25) is 5.02 Å². The van der Waals surface area contributed by atoms with Gasteiger partial charge in [-0.1, -0.05) is 47.5 Å². The average molecular weight is 500 g/mol. The quantitative estimate of drug-likeness (QED) is 0.359. The summed E-state index contributed by atoms with van der Waals surface area (Å²) in [6.07, 6.45) is 1.33. The molecule has 0 saturated carbocycles. The lowest BCUT2D eigenvalue weighted by molar-refractivity contribution is -0.119. The van der Waals surface area contributed by atoms with Crippen molar-refractivity contribution in [1.82, 2.24) is 5.43 Å². The molecule has 0 radical (unpaired) electrons. The zero-order chi connectivity index (χ0) is 24.9. The highest BCUT2D eigenvalue weighted by Crippen LogP contribution is 2.29. The first-order chi connectivity index (χ1) is 16.1. The second-order valence-electron chi connectivity index (χ2n) is 7.48. The molecule has 3 aromatic carbocycles. The van der Waals surface area contributed by atoms with E-state index in [9.17, 15) is 18.0 Å². The van der Waals surface area contributed by atoms with E-state index in [1.54, 1.807) is 31.2 Å². The first-order valence-electron chi connectivity index (χ1n) is 10.1. The second kappa shape index (κ2) is 10.5. The Morgan fingerprint density at radius 2 is 1.68 bits per heavy atom. The number of aryl methyl sites for hydroxylation is 2. The van der Waals surface area contributed by atoms with E-state index in [2.05, 4.69) is 10.5 Å². The van der Waals surface area contributed by atoms with Gasteiger partial charge in [-0.15, -0.1) is 0 Å². The molecule has 3 aromatic rings. The topological polar surface area (TPSA) is 116 Å². The van der Waals surface area contributed by atoms with Crippen molar-refractivity contribution in [3.8, 4) is 0 Å². The Kier molecular flexibility index (Phi) is 7.70. The van der Waals surface area contributed by atoms with E-state index in [-0.39, 0.29) is 16.1 Å². The van der Waals surface area contributed by atoms with E-state index in [1.165, 1.54) is 48.7 Å². The summed E-state index contributed by atoms with van der Waals surface area (Å²) in [6, 6.07) is 17.0. The molecule has 0 spiro atoms. The molecule has 0 saturated heterocycles. The van der Waals surface area contributed by atoms with Gasteiger partial charge in [0.2, 0.25) is 0 Å². The Labute approximate surface area is 202 Å². The fourth-order valence-electron chi connectivity index (χ4n) is 3.04. The van der Waals surface area contributed by atoms with Crippen molar-refractivity contribution in [3.63, 3.8) is 0 Å². The summed E-state index contributed by atoms with van der Waals surface area (Å²) < 4.78 is 27.9. The maximum absolute atomic E-state index is 13.4. The summed E-state index contributed by atoms with van der Waals surface area (Å²) in [5.74, 6) is -1.73. The number of carboxylic acid groups (broad SMARTS) is 1. The maximum Gasteiger partial charge on any atom is 0.335 e. The molecule has 0 aromatic heterocycles. The molecular weight excluding hydrogens is 478 g/mol. The number of rotatable bonds is 8. The first-order valence-corrected chi connectivity index (χ1v) is 11.9. The lowest BCUT2D eigenvalue weighted by Gasteiger charge is -2.25. The summed E-state index contributed by atoms with van der Waals surface area (Å²) in [5.41, 5.74) is 4.78. The largest absolute Gasteiger partial charge is 0.478 e. The third kappa shape index (κ3) is 6.00. The van der Waals surface area contributed by atoms with E-state index >= 15 is 0 Å². The van der Waals surface area contributed by atoms with Crippen LogP contribution in [-0.2, 0) is 14.8 Å². The highest BCUT2D eigenvalue weighted by molar-refractivity contribution is 7.92. The lowest BCUT2D eigenvalue weighted by atomic mass is 10.1. The van der Waals surface area contributed by atoms with Crippen molar-refractivity contribution in [3.05, 3.63) is 94.0 Å². The molecule has 10 heteroatoms. The van der Waals surface area contributed by atoms with Crippen LogP contribution in [-0.4, -0.2) is 38.2 Å². The van der Waals surface area contributed by atoms with Gasteiger partial charge in [0.15, 0.2) is 0 Å².